The molecule has 0 saturated heterocycles. The van der Waals surface area contributed by atoms with E-state index in [4.69, 9.17) is 4.74 Å². The van der Waals surface area contributed by atoms with Crippen LogP contribution in [0, 0.1) is 0 Å². The number of hydrogen-bond acceptors (Lipinski definition) is 1. The van der Waals surface area contributed by atoms with Crippen LogP contribution in [-0.4, -0.2) is 7.11 Å². The fourth-order valence-corrected chi connectivity index (χ4v) is 3.10. The normalized spacial score (nSPS) is 18.1. The zero-order valence-corrected chi connectivity index (χ0v) is 11.9. The Morgan fingerprint density at radius 3 is 2.52 bits per heavy atom. The molecule has 0 bridgehead atoms. The summed E-state index contributed by atoms with van der Waals surface area (Å²) in [7, 11) is 1.69. The van der Waals surface area contributed by atoms with Crippen molar-refractivity contribution < 1.29 is 4.74 Å². The molecule has 2 aliphatic carbocycles. The molecule has 0 aliphatic heterocycles. The molecule has 0 spiro atoms. The lowest BCUT2D eigenvalue weighted by atomic mass is 9.91. The molecule has 4 rings (SSSR count). The smallest absolute Gasteiger partial charge is 0.118 e. The molecule has 2 aromatic carbocycles. The number of allylic oxidation sites excluding steroid dienone is 5. The van der Waals surface area contributed by atoms with E-state index in [0.717, 1.165) is 5.75 Å². The van der Waals surface area contributed by atoms with E-state index >= 15 is 0 Å². The van der Waals surface area contributed by atoms with E-state index in [1.807, 2.05) is 12.1 Å². The summed E-state index contributed by atoms with van der Waals surface area (Å²) in [6.07, 6.45) is 11.0. The third-order valence-corrected chi connectivity index (χ3v) is 4.23. The van der Waals surface area contributed by atoms with Crippen molar-refractivity contribution in [2.75, 3.05) is 7.11 Å². The SMILES string of the molecule is COc1ccc(-c2ccc3c(c2)C=C2C=CC=CC23)cc1. The van der Waals surface area contributed by atoms with Gasteiger partial charge in [0.15, 0.2) is 0 Å². The second-order valence-electron chi connectivity index (χ2n) is 5.44. The van der Waals surface area contributed by atoms with Crippen molar-refractivity contribution in [3.05, 3.63) is 83.5 Å². The monoisotopic (exact) mass is 272 g/mol. The van der Waals surface area contributed by atoms with E-state index in [0.29, 0.717) is 5.92 Å². The van der Waals surface area contributed by atoms with Crippen LogP contribution in [-0.2, 0) is 0 Å². The molecule has 0 N–H and O–H groups in total. The Morgan fingerprint density at radius 1 is 0.905 bits per heavy atom. The average molecular weight is 272 g/mol. The van der Waals surface area contributed by atoms with Gasteiger partial charge >= 0.3 is 0 Å². The molecule has 21 heavy (non-hydrogen) atoms. The molecule has 1 nitrogen and oxygen atoms in total. The largest absolute Gasteiger partial charge is 0.497 e. The first-order chi connectivity index (χ1) is 10.3. The highest BCUT2D eigenvalue weighted by Gasteiger charge is 2.22. The first kappa shape index (κ1) is 12.2. The van der Waals surface area contributed by atoms with Gasteiger partial charge in [-0.3, -0.25) is 0 Å². The quantitative estimate of drug-likeness (QED) is 0.750. The van der Waals surface area contributed by atoms with Crippen LogP contribution in [0.4, 0.5) is 0 Å². The fraction of sp³-hybridized carbons (Fsp3) is 0.100. The highest BCUT2D eigenvalue weighted by molar-refractivity contribution is 5.77. The van der Waals surface area contributed by atoms with Crippen LogP contribution < -0.4 is 4.74 Å². The molecule has 0 saturated carbocycles. The number of benzene rings is 2. The van der Waals surface area contributed by atoms with Gasteiger partial charge in [0.05, 0.1) is 7.11 Å². The molecule has 1 atom stereocenters. The first-order valence-electron chi connectivity index (χ1n) is 7.20. The molecule has 0 radical (unpaired) electrons. The summed E-state index contributed by atoms with van der Waals surface area (Å²) in [5.74, 6) is 1.33. The Bertz CT molecular complexity index is 776. The summed E-state index contributed by atoms with van der Waals surface area (Å²) in [5.41, 5.74) is 6.60. The molecule has 2 aromatic rings. The van der Waals surface area contributed by atoms with Crippen LogP contribution in [0.15, 0.2) is 72.3 Å². The number of methoxy groups -OCH3 is 1. The van der Waals surface area contributed by atoms with Gasteiger partial charge in [0, 0.05) is 5.92 Å². The van der Waals surface area contributed by atoms with Crippen molar-refractivity contribution in [2.45, 2.75) is 5.92 Å². The molecule has 1 heteroatoms. The number of fused-ring (bicyclic) bond motifs is 3. The lowest BCUT2D eigenvalue weighted by Crippen LogP contribution is -1.95. The highest BCUT2D eigenvalue weighted by Crippen LogP contribution is 2.41. The van der Waals surface area contributed by atoms with Crippen molar-refractivity contribution in [3.63, 3.8) is 0 Å². The first-order valence-corrected chi connectivity index (χ1v) is 7.20. The molecule has 102 valence electrons. The maximum Gasteiger partial charge on any atom is 0.118 e. The van der Waals surface area contributed by atoms with Crippen LogP contribution in [0.3, 0.4) is 0 Å². The van der Waals surface area contributed by atoms with Crippen LogP contribution in [0.1, 0.15) is 17.0 Å². The van der Waals surface area contributed by atoms with Crippen molar-refractivity contribution >= 4 is 6.08 Å². The summed E-state index contributed by atoms with van der Waals surface area (Å²) in [4.78, 5) is 0. The number of rotatable bonds is 2. The fourth-order valence-electron chi connectivity index (χ4n) is 3.10. The molecule has 0 amide bonds. The van der Waals surface area contributed by atoms with E-state index in [1.165, 1.54) is 27.8 Å². The van der Waals surface area contributed by atoms with Gasteiger partial charge < -0.3 is 4.74 Å². The Balaban J connectivity index is 1.75. The minimum atomic E-state index is 0.440. The highest BCUT2D eigenvalue weighted by atomic mass is 16.5. The maximum atomic E-state index is 5.22. The summed E-state index contributed by atoms with van der Waals surface area (Å²) in [5, 5.41) is 0. The summed E-state index contributed by atoms with van der Waals surface area (Å²) in [6, 6.07) is 15.0. The lowest BCUT2D eigenvalue weighted by molar-refractivity contribution is 0.415. The molecule has 0 aromatic heterocycles. The van der Waals surface area contributed by atoms with Gasteiger partial charge in [-0.15, -0.1) is 0 Å². The summed E-state index contributed by atoms with van der Waals surface area (Å²) < 4.78 is 5.22. The van der Waals surface area contributed by atoms with Crippen molar-refractivity contribution in [1.29, 1.82) is 0 Å². The second kappa shape index (κ2) is 4.78. The minimum Gasteiger partial charge on any atom is -0.497 e. The Morgan fingerprint density at radius 2 is 1.71 bits per heavy atom. The number of hydrogen-bond donors (Lipinski definition) is 0. The Kier molecular flexibility index (Phi) is 2.78. The zero-order valence-electron chi connectivity index (χ0n) is 11.9. The molecule has 0 heterocycles. The van der Waals surface area contributed by atoms with Crippen LogP contribution >= 0.6 is 0 Å². The van der Waals surface area contributed by atoms with Crippen LogP contribution in [0.2, 0.25) is 0 Å². The van der Waals surface area contributed by atoms with E-state index in [1.54, 1.807) is 7.11 Å². The zero-order chi connectivity index (χ0) is 14.2. The maximum absolute atomic E-state index is 5.22. The lowest BCUT2D eigenvalue weighted by Gasteiger charge is -2.13. The predicted octanol–water partition coefficient (Wildman–Crippen LogP) is 4.97. The third kappa shape index (κ3) is 2.02. The van der Waals surface area contributed by atoms with Gasteiger partial charge in [-0.2, -0.15) is 0 Å². The van der Waals surface area contributed by atoms with Crippen molar-refractivity contribution in [1.82, 2.24) is 0 Å². The summed E-state index contributed by atoms with van der Waals surface area (Å²) >= 11 is 0. The second-order valence-corrected chi connectivity index (χ2v) is 5.44. The molecular weight excluding hydrogens is 256 g/mol. The predicted molar refractivity (Wildman–Crippen MR) is 87.4 cm³/mol. The van der Waals surface area contributed by atoms with Crippen molar-refractivity contribution in [3.8, 4) is 16.9 Å². The molecular formula is C20H16O. The van der Waals surface area contributed by atoms with Crippen LogP contribution in [0.5, 0.6) is 5.75 Å². The van der Waals surface area contributed by atoms with Gasteiger partial charge in [-0.05, 0) is 46.0 Å². The van der Waals surface area contributed by atoms with E-state index in [9.17, 15) is 0 Å². The Labute approximate surface area is 124 Å². The molecule has 2 aliphatic rings. The van der Waals surface area contributed by atoms with Gasteiger partial charge in [0.25, 0.3) is 0 Å². The number of ether oxygens (including phenoxy) is 1. The minimum absolute atomic E-state index is 0.440. The molecule has 1 unspecified atom stereocenters. The average Bonchev–Trinajstić information content (AvgIpc) is 2.92. The van der Waals surface area contributed by atoms with E-state index in [-0.39, 0.29) is 0 Å². The Hall–Kier alpha value is -2.54. The molecule has 0 fully saturated rings. The van der Waals surface area contributed by atoms with Gasteiger partial charge in [-0.25, -0.2) is 0 Å². The van der Waals surface area contributed by atoms with Gasteiger partial charge in [0.2, 0.25) is 0 Å². The van der Waals surface area contributed by atoms with Gasteiger partial charge in [-0.1, -0.05) is 54.6 Å². The topological polar surface area (TPSA) is 9.23 Å². The van der Waals surface area contributed by atoms with Crippen molar-refractivity contribution in [2.24, 2.45) is 0 Å². The van der Waals surface area contributed by atoms with E-state index < -0.39 is 0 Å². The standard InChI is InChI=1S/C20H16O/c1-21-18-9-6-14(7-10-18)15-8-11-20-17(12-15)13-16-4-2-3-5-19(16)20/h2-13,19H,1H3. The third-order valence-electron chi connectivity index (χ3n) is 4.23. The van der Waals surface area contributed by atoms with E-state index in [2.05, 4.69) is 60.7 Å². The summed E-state index contributed by atoms with van der Waals surface area (Å²) in [6.45, 7) is 0. The van der Waals surface area contributed by atoms with Crippen LogP contribution in [0.25, 0.3) is 17.2 Å². The van der Waals surface area contributed by atoms with Gasteiger partial charge in [0.1, 0.15) is 5.75 Å².